The van der Waals surface area contributed by atoms with Gasteiger partial charge in [-0.05, 0) is 13.3 Å². The maximum absolute atomic E-state index is 10.7. The van der Waals surface area contributed by atoms with E-state index in [1.165, 1.54) is 0 Å². The minimum atomic E-state index is -0.764. The molecule has 1 saturated heterocycles. The Labute approximate surface area is 96.3 Å². The first kappa shape index (κ1) is 13.4. The number of nitrogens with zero attached hydrogens (tertiary/aromatic N) is 1. The van der Waals surface area contributed by atoms with Crippen LogP contribution in [0.3, 0.4) is 0 Å². The Balaban J connectivity index is 2.48. The smallest absolute Gasteiger partial charge is 0.305 e. The molecule has 5 nitrogen and oxygen atoms in total. The van der Waals surface area contributed by atoms with Crippen LogP contribution in [0.25, 0.3) is 0 Å². The lowest BCUT2D eigenvalue weighted by Crippen LogP contribution is -2.50. The van der Waals surface area contributed by atoms with Crippen LogP contribution in [-0.2, 0) is 14.3 Å². The predicted molar refractivity (Wildman–Crippen MR) is 59.5 cm³/mol. The molecule has 0 radical (unpaired) electrons. The Morgan fingerprint density at radius 2 is 2.44 bits per heavy atom. The zero-order valence-electron chi connectivity index (χ0n) is 10.0. The maximum Gasteiger partial charge on any atom is 0.305 e. The number of rotatable bonds is 6. The van der Waals surface area contributed by atoms with Gasteiger partial charge in [0, 0.05) is 32.3 Å². The fraction of sp³-hybridized carbons (Fsp3) is 0.909. The summed E-state index contributed by atoms with van der Waals surface area (Å²) in [7, 11) is 1.68. The number of ether oxygens (including phenoxy) is 2. The minimum Gasteiger partial charge on any atom is -0.481 e. The van der Waals surface area contributed by atoms with Crippen LogP contribution in [0.15, 0.2) is 0 Å². The van der Waals surface area contributed by atoms with E-state index in [2.05, 4.69) is 11.8 Å². The number of aliphatic carboxylic acids is 1. The van der Waals surface area contributed by atoms with Gasteiger partial charge in [-0.25, -0.2) is 0 Å². The van der Waals surface area contributed by atoms with Gasteiger partial charge >= 0.3 is 5.97 Å². The Hall–Kier alpha value is -0.650. The molecule has 1 aliphatic rings. The van der Waals surface area contributed by atoms with E-state index in [0.29, 0.717) is 25.9 Å². The van der Waals surface area contributed by atoms with Gasteiger partial charge < -0.3 is 14.6 Å². The van der Waals surface area contributed by atoms with Gasteiger partial charge in [-0.3, -0.25) is 9.69 Å². The van der Waals surface area contributed by atoms with Crippen LogP contribution in [0.5, 0.6) is 0 Å². The highest BCUT2D eigenvalue weighted by atomic mass is 16.5. The molecular formula is C11H21NO4. The summed E-state index contributed by atoms with van der Waals surface area (Å²) in [5.74, 6) is -0.764. The number of hydrogen-bond acceptors (Lipinski definition) is 4. The van der Waals surface area contributed by atoms with Gasteiger partial charge in [-0.1, -0.05) is 0 Å². The maximum atomic E-state index is 10.7. The Morgan fingerprint density at radius 1 is 1.69 bits per heavy atom. The van der Waals surface area contributed by atoms with Crippen molar-refractivity contribution in [3.63, 3.8) is 0 Å². The summed E-state index contributed by atoms with van der Waals surface area (Å²) in [5, 5.41) is 8.83. The quantitative estimate of drug-likeness (QED) is 0.725. The third-order valence-electron chi connectivity index (χ3n) is 2.99. The third-order valence-corrected chi connectivity index (χ3v) is 2.99. The van der Waals surface area contributed by atoms with Crippen molar-refractivity contribution in [1.29, 1.82) is 0 Å². The summed E-state index contributed by atoms with van der Waals surface area (Å²) in [6, 6.07) is 0.339. The van der Waals surface area contributed by atoms with E-state index in [4.69, 9.17) is 14.6 Å². The average Bonchev–Trinajstić information content (AvgIpc) is 2.26. The molecule has 0 amide bonds. The zero-order chi connectivity index (χ0) is 12.0. The van der Waals surface area contributed by atoms with Crippen molar-refractivity contribution in [3.05, 3.63) is 0 Å². The second-order valence-corrected chi connectivity index (χ2v) is 4.19. The second kappa shape index (κ2) is 6.83. The number of carboxylic acids is 1. The first-order chi connectivity index (χ1) is 7.65. The molecule has 1 N–H and O–H groups in total. The third kappa shape index (κ3) is 4.08. The van der Waals surface area contributed by atoms with E-state index in [1.54, 1.807) is 7.11 Å². The summed E-state index contributed by atoms with van der Waals surface area (Å²) in [6.45, 7) is 4.83. The number of carbonyl (C=O) groups is 1. The van der Waals surface area contributed by atoms with Crippen LogP contribution in [0.4, 0.5) is 0 Å². The summed E-state index contributed by atoms with van der Waals surface area (Å²) in [5.41, 5.74) is 0. The molecule has 16 heavy (non-hydrogen) atoms. The molecular weight excluding hydrogens is 210 g/mol. The van der Waals surface area contributed by atoms with Crippen molar-refractivity contribution in [2.24, 2.45) is 0 Å². The first-order valence-corrected chi connectivity index (χ1v) is 5.69. The lowest BCUT2D eigenvalue weighted by molar-refractivity contribution is -0.140. The molecule has 0 aromatic carbocycles. The largest absolute Gasteiger partial charge is 0.481 e. The SMILES string of the molecule is COCCC(C)N1CCOCC1CC(=O)O. The number of carboxylic acid groups (broad SMARTS) is 1. The monoisotopic (exact) mass is 231 g/mol. The van der Waals surface area contributed by atoms with E-state index >= 15 is 0 Å². The summed E-state index contributed by atoms with van der Waals surface area (Å²) >= 11 is 0. The Kier molecular flexibility index (Phi) is 5.73. The molecule has 1 fully saturated rings. The Morgan fingerprint density at radius 3 is 3.06 bits per heavy atom. The molecule has 0 spiro atoms. The molecule has 5 heteroatoms. The van der Waals surface area contributed by atoms with Crippen LogP contribution in [-0.4, -0.2) is 61.5 Å². The fourth-order valence-corrected chi connectivity index (χ4v) is 2.08. The number of morpholine rings is 1. The highest BCUT2D eigenvalue weighted by Gasteiger charge is 2.28. The summed E-state index contributed by atoms with van der Waals surface area (Å²) in [6.07, 6.45) is 1.07. The lowest BCUT2D eigenvalue weighted by atomic mass is 10.1. The average molecular weight is 231 g/mol. The number of hydrogen-bond donors (Lipinski definition) is 1. The molecule has 94 valence electrons. The highest BCUT2D eigenvalue weighted by Crippen LogP contribution is 2.16. The second-order valence-electron chi connectivity index (χ2n) is 4.19. The van der Waals surface area contributed by atoms with Gasteiger partial charge in [0.05, 0.1) is 19.6 Å². The summed E-state index contributed by atoms with van der Waals surface area (Å²) in [4.78, 5) is 13.0. The molecule has 1 aliphatic heterocycles. The standard InChI is InChI=1S/C11H21NO4/c1-9(3-5-15-2)12-4-6-16-8-10(12)7-11(13)14/h9-10H,3-8H2,1-2H3,(H,13,14). The molecule has 0 aromatic rings. The van der Waals surface area contributed by atoms with Gasteiger partial charge in [0.2, 0.25) is 0 Å². The van der Waals surface area contributed by atoms with E-state index in [9.17, 15) is 4.79 Å². The Bertz CT molecular complexity index is 222. The van der Waals surface area contributed by atoms with Crippen LogP contribution >= 0.6 is 0 Å². The van der Waals surface area contributed by atoms with Gasteiger partial charge in [-0.2, -0.15) is 0 Å². The highest BCUT2D eigenvalue weighted by molar-refractivity contribution is 5.67. The van der Waals surface area contributed by atoms with Crippen LogP contribution < -0.4 is 0 Å². The number of methoxy groups -OCH3 is 1. The van der Waals surface area contributed by atoms with E-state index in [-0.39, 0.29) is 12.5 Å². The molecule has 0 bridgehead atoms. The van der Waals surface area contributed by atoms with Gasteiger partial charge in [0.25, 0.3) is 0 Å². The van der Waals surface area contributed by atoms with Crippen molar-refractivity contribution < 1.29 is 19.4 Å². The molecule has 1 heterocycles. The molecule has 2 atom stereocenters. The van der Waals surface area contributed by atoms with Crippen molar-refractivity contribution in [2.45, 2.75) is 31.8 Å². The van der Waals surface area contributed by atoms with E-state index in [1.807, 2.05) is 0 Å². The van der Waals surface area contributed by atoms with Crippen molar-refractivity contribution >= 4 is 5.97 Å². The normalized spacial score (nSPS) is 24.2. The fourth-order valence-electron chi connectivity index (χ4n) is 2.08. The molecule has 0 aliphatic carbocycles. The van der Waals surface area contributed by atoms with E-state index < -0.39 is 5.97 Å². The van der Waals surface area contributed by atoms with Gasteiger partial charge in [0.1, 0.15) is 0 Å². The van der Waals surface area contributed by atoms with Crippen LogP contribution in [0.2, 0.25) is 0 Å². The lowest BCUT2D eigenvalue weighted by Gasteiger charge is -2.39. The van der Waals surface area contributed by atoms with E-state index in [0.717, 1.165) is 13.0 Å². The molecule has 0 aromatic heterocycles. The van der Waals surface area contributed by atoms with Gasteiger partial charge in [-0.15, -0.1) is 0 Å². The topological polar surface area (TPSA) is 59.0 Å². The van der Waals surface area contributed by atoms with Crippen LogP contribution in [0, 0.1) is 0 Å². The molecule has 2 unspecified atom stereocenters. The van der Waals surface area contributed by atoms with Crippen molar-refractivity contribution in [1.82, 2.24) is 4.90 Å². The minimum absolute atomic E-state index is 0.00175. The predicted octanol–water partition coefficient (Wildman–Crippen LogP) is 0.587. The molecule has 0 saturated carbocycles. The van der Waals surface area contributed by atoms with Crippen molar-refractivity contribution in [3.8, 4) is 0 Å². The first-order valence-electron chi connectivity index (χ1n) is 5.69. The molecule has 1 rings (SSSR count). The van der Waals surface area contributed by atoms with Crippen molar-refractivity contribution in [2.75, 3.05) is 33.5 Å². The summed E-state index contributed by atoms with van der Waals surface area (Å²) < 4.78 is 10.4. The van der Waals surface area contributed by atoms with Gasteiger partial charge in [0.15, 0.2) is 0 Å². The zero-order valence-corrected chi connectivity index (χ0v) is 10.0. The van der Waals surface area contributed by atoms with Crippen LogP contribution in [0.1, 0.15) is 19.8 Å².